The van der Waals surface area contributed by atoms with E-state index in [1.165, 1.54) is 6.39 Å². The van der Waals surface area contributed by atoms with Crippen LogP contribution in [0.5, 0.6) is 0 Å². The van der Waals surface area contributed by atoms with Crippen LogP contribution in [0, 0.1) is 0 Å². The molecule has 3 heterocycles. The Balaban J connectivity index is 1.44. The van der Waals surface area contributed by atoms with Gasteiger partial charge in [-0.1, -0.05) is 18.2 Å². The summed E-state index contributed by atoms with van der Waals surface area (Å²) in [4.78, 5) is 15.9. The molecule has 0 aliphatic carbocycles. The number of rotatable bonds is 5. The molecule has 5 rings (SSSR count). The van der Waals surface area contributed by atoms with Crippen LogP contribution in [0.15, 0.2) is 71.6 Å². The number of para-hydroxylation sites is 1. The van der Waals surface area contributed by atoms with Gasteiger partial charge in [-0.15, -0.1) is 0 Å². The van der Waals surface area contributed by atoms with Gasteiger partial charge in [-0.2, -0.15) is 4.98 Å². The van der Waals surface area contributed by atoms with Gasteiger partial charge in [-0.25, -0.2) is 9.97 Å². The summed E-state index contributed by atoms with van der Waals surface area (Å²) < 4.78 is 5.35. The van der Waals surface area contributed by atoms with E-state index in [-0.39, 0.29) is 0 Å². The third-order valence-electron chi connectivity index (χ3n) is 5.15. The van der Waals surface area contributed by atoms with E-state index >= 15 is 0 Å². The maximum Gasteiger partial charge on any atom is 0.229 e. The van der Waals surface area contributed by atoms with Crippen LogP contribution >= 0.6 is 0 Å². The number of oxazole rings is 1. The number of aromatic nitrogens is 3. The third-order valence-corrected chi connectivity index (χ3v) is 5.15. The highest BCUT2D eigenvalue weighted by Gasteiger charge is 2.21. The Morgan fingerprint density at radius 1 is 0.933 bits per heavy atom. The van der Waals surface area contributed by atoms with E-state index in [2.05, 4.69) is 27.6 Å². The predicted octanol–water partition coefficient (Wildman–Crippen LogP) is 4.61. The molecule has 4 aromatic rings. The molecule has 2 aromatic heterocycles. The smallest absolute Gasteiger partial charge is 0.229 e. The lowest BCUT2D eigenvalue weighted by molar-refractivity contribution is 0.310. The van der Waals surface area contributed by atoms with Crippen molar-refractivity contribution in [3.8, 4) is 11.3 Å². The molecule has 7 heteroatoms. The van der Waals surface area contributed by atoms with E-state index in [4.69, 9.17) is 14.4 Å². The zero-order valence-electron chi connectivity index (χ0n) is 16.7. The van der Waals surface area contributed by atoms with Crippen molar-refractivity contribution in [3.63, 3.8) is 0 Å². The van der Waals surface area contributed by atoms with Gasteiger partial charge in [0.2, 0.25) is 5.95 Å². The molecule has 2 N–H and O–H groups in total. The summed E-state index contributed by atoms with van der Waals surface area (Å²) in [5.74, 6) is 2.17. The summed E-state index contributed by atoms with van der Waals surface area (Å²) in [6, 6.07) is 18.0. The van der Waals surface area contributed by atoms with Crippen molar-refractivity contribution < 1.29 is 4.42 Å². The monoisotopic (exact) mass is 398 g/mol. The highest BCUT2D eigenvalue weighted by atomic mass is 16.3. The van der Waals surface area contributed by atoms with Crippen molar-refractivity contribution in [3.05, 3.63) is 78.4 Å². The van der Waals surface area contributed by atoms with Crippen molar-refractivity contribution in [1.29, 1.82) is 0 Å². The molecule has 0 atom stereocenters. The minimum atomic E-state index is 0.587. The third kappa shape index (κ3) is 3.88. The van der Waals surface area contributed by atoms with Gasteiger partial charge < -0.3 is 20.0 Å². The Kier molecular flexibility index (Phi) is 4.86. The SMILES string of the molecule is CN1CCc2nc(Nc3ccc(-c4cnco4)cc3)nc(Nc3ccccc3)c2C1. The average Bonchev–Trinajstić information content (AvgIpc) is 3.30. The fourth-order valence-corrected chi connectivity index (χ4v) is 3.57. The normalized spacial score (nSPS) is 13.6. The van der Waals surface area contributed by atoms with E-state index < -0.39 is 0 Å². The number of hydrogen-bond acceptors (Lipinski definition) is 7. The minimum Gasteiger partial charge on any atom is -0.444 e. The van der Waals surface area contributed by atoms with Crippen LogP contribution in [-0.4, -0.2) is 33.4 Å². The van der Waals surface area contributed by atoms with Crippen LogP contribution in [0.4, 0.5) is 23.1 Å². The topological polar surface area (TPSA) is 79.1 Å². The molecular formula is C23H22N6O. The molecule has 0 fully saturated rings. The van der Waals surface area contributed by atoms with Crippen LogP contribution in [0.25, 0.3) is 11.3 Å². The number of benzene rings is 2. The Morgan fingerprint density at radius 2 is 1.73 bits per heavy atom. The standard InChI is InChI=1S/C23H22N6O/c1-29-12-11-20-19(14-29)22(25-17-5-3-2-4-6-17)28-23(27-20)26-18-9-7-16(8-10-18)21-13-24-15-30-21/h2-10,13,15H,11-12,14H2,1H3,(H2,25,26,27,28). The molecule has 0 radical (unpaired) electrons. The fraction of sp³-hybridized carbons (Fsp3) is 0.174. The molecular weight excluding hydrogens is 376 g/mol. The quantitative estimate of drug-likeness (QED) is 0.508. The van der Waals surface area contributed by atoms with Gasteiger partial charge in [0.15, 0.2) is 12.2 Å². The van der Waals surface area contributed by atoms with E-state index in [0.29, 0.717) is 5.95 Å². The van der Waals surface area contributed by atoms with Crippen LogP contribution in [0.3, 0.4) is 0 Å². The van der Waals surface area contributed by atoms with Crippen molar-refractivity contribution >= 4 is 23.1 Å². The Bertz CT molecular complexity index is 1130. The van der Waals surface area contributed by atoms with E-state index in [1.807, 2.05) is 54.6 Å². The summed E-state index contributed by atoms with van der Waals surface area (Å²) in [6.07, 6.45) is 4.03. The predicted molar refractivity (Wildman–Crippen MR) is 117 cm³/mol. The van der Waals surface area contributed by atoms with E-state index in [0.717, 1.165) is 59.3 Å². The lowest BCUT2D eigenvalue weighted by atomic mass is 10.1. The zero-order chi connectivity index (χ0) is 20.3. The number of likely N-dealkylation sites (N-methyl/N-ethyl adjacent to an activating group) is 1. The van der Waals surface area contributed by atoms with Crippen LogP contribution in [0.2, 0.25) is 0 Å². The Hall–Kier alpha value is -3.71. The second-order valence-electron chi connectivity index (χ2n) is 7.37. The second kappa shape index (κ2) is 7.96. The van der Waals surface area contributed by atoms with Crippen LogP contribution in [0.1, 0.15) is 11.3 Å². The van der Waals surface area contributed by atoms with Gasteiger partial charge in [0.1, 0.15) is 5.82 Å². The molecule has 1 aliphatic heterocycles. The van der Waals surface area contributed by atoms with Crippen LogP contribution in [-0.2, 0) is 13.0 Å². The summed E-state index contributed by atoms with van der Waals surface area (Å²) in [6.45, 7) is 1.82. The molecule has 1 aliphatic rings. The van der Waals surface area contributed by atoms with Crippen molar-refractivity contribution in [2.24, 2.45) is 0 Å². The highest BCUT2D eigenvalue weighted by molar-refractivity contribution is 5.66. The molecule has 0 unspecified atom stereocenters. The summed E-state index contributed by atoms with van der Waals surface area (Å²) in [5, 5.41) is 6.81. The molecule has 0 saturated heterocycles. The minimum absolute atomic E-state index is 0.587. The van der Waals surface area contributed by atoms with Gasteiger partial charge >= 0.3 is 0 Å². The maximum atomic E-state index is 5.35. The van der Waals surface area contributed by atoms with Gasteiger partial charge in [0.05, 0.1) is 11.9 Å². The molecule has 2 aromatic carbocycles. The number of hydrogen-bond donors (Lipinski definition) is 2. The van der Waals surface area contributed by atoms with Crippen molar-refractivity contribution in [2.45, 2.75) is 13.0 Å². The molecule has 30 heavy (non-hydrogen) atoms. The largest absolute Gasteiger partial charge is 0.444 e. The Labute approximate surface area is 174 Å². The first-order valence-electron chi connectivity index (χ1n) is 9.91. The summed E-state index contributed by atoms with van der Waals surface area (Å²) in [7, 11) is 2.12. The lowest BCUT2D eigenvalue weighted by Crippen LogP contribution is -2.28. The first-order valence-corrected chi connectivity index (χ1v) is 9.91. The zero-order valence-corrected chi connectivity index (χ0v) is 16.7. The molecule has 7 nitrogen and oxygen atoms in total. The van der Waals surface area contributed by atoms with E-state index in [9.17, 15) is 0 Å². The van der Waals surface area contributed by atoms with Crippen LogP contribution < -0.4 is 10.6 Å². The number of fused-ring (bicyclic) bond motifs is 1. The molecule has 150 valence electrons. The number of nitrogens with one attached hydrogen (secondary N) is 2. The average molecular weight is 398 g/mol. The van der Waals surface area contributed by atoms with Gasteiger partial charge in [0.25, 0.3) is 0 Å². The molecule has 0 bridgehead atoms. The van der Waals surface area contributed by atoms with Crippen molar-refractivity contribution in [2.75, 3.05) is 24.2 Å². The molecule has 0 saturated carbocycles. The molecule has 0 amide bonds. The van der Waals surface area contributed by atoms with Gasteiger partial charge in [0, 0.05) is 42.0 Å². The second-order valence-corrected chi connectivity index (χ2v) is 7.37. The summed E-state index contributed by atoms with van der Waals surface area (Å²) >= 11 is 0. The van der Waals surface area contributed by atoms with Gasteiger partial charge in [-0.05, 0) is 43.4 Å². The molecule has 0 spiro atoms. The fourth-order valence-electron chi connectivity index (χ4n) is 3.57. The number of nitrogens with zero attached hydrogens (tertiary/aromatic N) is 4. The summed E-state index contributed by atoms with van der Waals surface area (Å²) in [5.41, 5.74) is 5.13. The van der Waals surface area contributed by atoms with Gasteiger partial charge in [-0.3, -0.25) is 0 Å². The van der Waals surface area contributed by atoms with Crippen molar-refractivity contribution in [1.82, 2.24) is 19.9 Å². The Morgan fingerprint density at radius 3 is 2.50 bits per heavy atom. The highest BCUT2D eigenvalue weighted by Crippen LogP contribution is 2.28. The van der Waals surface area contributed by atoms with E-state index in [1.54, 1.807) is 6.20 Å². The number of anilines is 4. The first-order chi connectivity index (χ1) is 14.7. The maximum absolute atomic E-state index is 5.35. The first kappa shape index (κ1) is 18.3. The lowest BCUT2D eigenvalue weighted by Gasteiger charge is -2.26.